The van der Waals surface area contributed by atoms with Crippen LogP contribution in [0, 0.1) is 0 Å². The van der Waals surface area contributed by atoms with Crippen molar-refractivity contribution in [3.63, 3.8) is 0 Å². The van der Waals surface area contributed by atoms with Crippen molar-refractivity contribution in [2.24, 2.45) is 0 Å². The monoisotopic (exact) mass is 349 g/mol. The Labute approximate surface area is 132 Å². The van der Waals surface area contributed by atoms with Gasteiger partial charge < -0.3 is 0 Å². The first-order valence-electron chi connectivity index (χ1n) is 5.59. The molecular formula is C13H10Cl3NO2S. The molecule has 2 aromatic carbocycles. The molecule has 0 aliphatic heterocycles. The average molecular weight is 351 g/mol. The summed E-state index contributed by atoms with van der Waals surface area (Å²) in [7, 11) is -3.75. The average Bonchev–Trinajstić information content (AvgIpc) is 2.44. The molecule has 106 valence electrons. The largest absolute Gasteiger partial charge is 0.242 e. The van der Waals surface area contributed by atoms with E-state index in [4.69, 9.17) is 34.8 Å². The predicted octanol–water partition coefficient (Wildman–Crippen LogP) is 4.13. The quantitative estimate of drug-likeness (QED) is 0.843. The van der Waals surface area contributed by atoms with E-state index in [0.29, 0.717) is 0 Å². The molecule has 0 atom stereocenters. The van der Waals surface area contributed by atoms with Crippen LogP contribution in [-0.4, -0.2) is 8.42 Å². The van der Waals surface area contributed by atoms with E-state index in [-0.39, 0.29) is 26.5 Å². The van der Waals surface area contributed by atoms with E-state index in [0.717, 1.165) is 5.56 Å². The summed E-state index contributed by atoms with van der Waals surface area (Å²) in [5.74, 6) is 0. The van der Waals surface area contributed by atoms with E-state index in [9.17, 15) is 8.42 Å². The van der Waals surface area contributed by atoms with Gasteiger partial charge in [-0.1, -0.05) is 65.1 Å². The molecule has 2 rings (SSSR count). The maximum absolute atomic E-state index is 12.2. The summed E-state index contributed by atoms with van der Waals surface area (Å²) in [4.78, 5) is -0.0931. The van der Waals surface area contributed by atoms with Gasteiger partial charge >= 0.3 is 0 Å². The molecule has 1 N–H and O–H groups in total. The summed E-state index contributed by atoms with van der Waals surface area (Å²) in [6.07, 6.45) is 0. The Kier molecular flexibility index (Phi) is 4.94. The molecule has 7 heteroatoms. The summed E-state index contributed by atoms with van der Waals surface area (Å²) in [6.45, 7) is 0.166. The van der Waals surface area contributed by atoms with E-state index in [1.807, 2.05) is 30.3 Å². The minimum absolute atomic E-state index is 0.0240. The number of rotatable bonds is 4. The normalized spacial score (nSPS) is 11.6. The van der Waals surface area contributed by atoms with Crippen LogP contribution in [0.5, 0.6) is 0 Å². The third-order valence-corrected chi connectivity index (χ3v) is 5.45. The third-order valence-electron chi connectivity index (χ3n) is 2.60. The molecule has 0 unspecified atom stereocenters. The van der Waals surface area contributed by atoms with E-state index in [1.165, 1.54) is 12.1 Å². The lowest BCUT2D eigenvalue weighted by molar-refractivity contribution is 0.581. The molecule has 0 aliphatic rings. The molecule has 0 saturated heterocycles. The second-order valence-corrected chi connectivity index (χ2v) is 6.88. The van der Waals surface area contributed by atoms with Crippen LogP contribution in [0.3, 0.4) is 0 Å². The molecule has 0 bridgehead atoms. The van der Waals surface area contributed by atoms with Gasteiger partial charge in [-0.3, -0.25) is 0 Å². The van der Waals surface area contributed by atoms with Crippen molar-refractivity contribution in [2.45, 2.75) is 11.4 Å². The highest BCUT2D eigenvalue weighted by Crippen LogP contribution is 2.34. The van der Waals surface area contributed by atoms with Crippen LogP contribution in [0.25, 0.3) is 0 Å². The number of halogens is 3. The maximum atomic E-state index is 12.2. The molecular weight excluding hydrogens is 341 g/mol. The van der Waals surface area contributed by atoms with Crippen molar-refractivity contribution < 1.29 is 8.42 Å². The first-order chi connectivity index (χ1) is 9.42. The van der Waals surface area contributed by atoms with Crippen molar-refractivity contribution in [2.75, 3.05) is 0 Å². The zero-order chi connectivity index (χ0) is 14.8. The second kappa shape index (κ2) is 6.33. The summed E-state index contributed by atoms with van der Waals surface area (Å²) in [5, 5.41) is 0.148. The number of benzene rings is 2. The number of sulfonamides is 1. The van der Waals surface area contributed by atoms with Gasteiger partial charge in [-0.25, -0.2) is 13.1 Å². The van der Waals surface area contributed by atoms with Crippen LogP contribution in [0.2, 0.25) is 15.1 Å². The summed E-state index contributed by atoms with van der Waals surface area (Å²) < 4.78 is 26.9. The van der Waals surface area contributed by atoms with Crippen LogP contribution in [-0.2, 0) is 16.6 Å². The first-order valence-corrected chi connectivity index (χ1v) is 8.20. The number of hydrogen-bond acceptors (Lipinski definition) is 2. The zero-order valence-electron chi connectivity index (χ0n) is 10.1. The molecule has 0 fully saturated rings. The van der Waals surface area contributed by atoms with Gasteiger partial charge in [-0.2, -0.15) is 0 Å². The number of nitrogens with one attached hydrogen (secondary N) is 1. The fourth-order valence-corrected chi connectivity index (χ4v) is 3.56. The lowest BCUT2D eigenvalue weighted by Crippen LogP contribution is -2.23. The Bertz CT molecular complexity index is 718. The highest BCUT2D eigenvalue weighted by Gasteiger charge is 2.20. The van der Waals surface area contributed by atoms with Crippen LogP contribution in [0.15, 0.2) is 47.4 Å². The Hall–Kier alpha value is -0.780. The Morgan fingerprint density at radius 2 is 1.55 bits per heavy atom. The smallest absolute Gasteiger partial charge is 0.207 e. The standard InChI is InChI=1S/C13H10Cl3NO2S/c14-10-6-7-11(13(16)12(10)15)20(18,19)17-8-9-4-2-1-3-5-9/h1-7,17H,8H2. The van der Waals surface area contributed by atoms with Gasteiger partial charge in [-0.15, -0.1) is 0 Å². The van der Waals surface area contributed by atoms with Gasteiger partial charge in [-0.05, 0) is 17.7 Å². The molecule has 0 amide bonds. The summed E-state index contributed by atoms with van der Waals surface area (Å²) >= 11 is 17.6. The Morgan fingerprint density at radius 3 is 2.20 bits per heavy atom. The highest BCUT2D eigenvalue weighted by atomic mass is 35.5. The van der Waals surface area contributed by atoms with E-state index in [2.05, 4.69) is 4.72 Å². The van der Waals surface area contributed by atoms with E-state index < -0.39 is 10.0 Å². The minimum atomic E-state index is -3.75. The van der Waals surface area contributed by atoms with Gasteiger partial charge in [0.05, 0.1) is 15.1 Å². The SMILES string of the molecule is O=S(=O)(NCc1ccccc1)c1ccc(Cl)c(Cl)c1Cl. The zero-order valence-corrected chi connectivity index (χ0v) is 13.2. The van der Waals surface area contributed by atoms with Gasteiger partial charge in [0.1, 0.15) is 4.90 Å². The Balaban J connectivity index is 2.25. The van der Waals surface area contributed by atoms with Gasteiger partial charge in [0, 0.05) is 6.54 Å². The maximum Gasteiger partial charge on any atom is 0.242 e. The predicted molar refractivity (Wildman–Crippen MR) is 81.9 cm³/mol. The van der Waals surface area contributed by atoms with Crippen LogP contribution in [0.1, 0.15) is 5.56 Å². The van der Waals surface area contributed by atoms with Gasteiger partial charge in [0.15, 0.2) is 0 Å². The van der Waals surface area contributed by atoms with Crippen molar-refractivity contribution >= 4 is 44.8 Å². The molecule has 20 heavy (non-hydrogen) atoms. The number of hydrogen-bond donors (Lipinski definition) is 1. The second-order valence-electron chi connectivity index (χ2n) is 3.98. The molecule has 0 heterocycles. The van der Waals surface area contributed by atoms with Gasteiger partial charge in [0.25, 0.3) is 0 Å². The summed E-state index contributed by atoms with van der Waals surface area (Å²) in [5.41, 5.74) is 0.840. The lowest BCUT2D eigenvalue weighted by Gasteiger charge is -2.10. The molecule has 0 aromatic heterocycles. The Morgan fingerprint density at radius 1 is 0.900 bits per heavy atom. The topological polar surface area (TPSA) is 46.2 Å². The minimum Gasteiger partial charge on any atom is -0.207 e. The summed E-state index contributed by atoms with van der Waals surface area (Å²) in [6, 6.07) is 11.9. The molecule has 0 aliphatic carbocycles. The molecule has 2 aromatic rings. The van der Waals surface area contributed by atoms with E-state index in [1.54, 1.807) is 0 Å². The van der Waals surface area contributed by atoms with E-state index >= 15 is 0 Å². The van der Waals surface area contributed by atoms with Crippen LogP contribution < -0.4 is 4.72 Å². The lowest BCUT2D eigenvalue weighted by atomic mass is 10.2. The third kappa shape index (κ3) is 3.45. The highest BCUT2D eigenvalue weighted by molar-refractivity contribution is 7.89. The molecule has 0 saturated carbocycles. The fourth-order valence-electron chi connectivity index (χ4n) is 1.57. The molecule has 0 radical (unpaired) electrons. The van der Waals surface area contributed by atoms with Crippen molar-refractivity contribution in [3.05, 3.63) is 63.1 Å². The first kappa shape index (κ1) is 15.6. The van der Waals surface area contributed by atoms with Crippen molar-refractivity contribution in [1.29, 1.82) is 0 Å². The fraction of sp³-hybridized carbons (Fsp3) is 0.0769. The van der Waals surface area contributed by atoms with Crippen molar-refractivity contribution in [3.8, 4) is 0 Å². The molecule has 3 nitrogen and oxygen atoms in total. The van der Waals surface area contributed by atoms with Crippen LogP contribution >= 0.6 is 34.8 Å². The van der Waals surface area contributed by atoms with Crippen LogP contribution in [0.4, 0.5) is 0 Å². The molecule has 0 spiro atoms. The van der Waals surface area contributed by atoms with Gasteiger partial charge in [0.2, 0.25) is 10.0 Å². The van der Waals surface area contributed by atoms with Crippen molar-refractivity contribution in [1.82, 2.24) is 4.72 Å².